The van der Waals surface area contributed by atoms with Gasteiger partial charge in [-0.15, -0.1) is 0 Å². The highest BCUT2D eigenvalue weighted by atomic mass is 35.5. The van der Waals surface area contributed by atoms with Crippen molar-refractivity contribution in [2.45, 2.75) is 20.0 Å². The molecule has 0 atom stereocenters. The van der Waals surface area contributed by atoms with Crippen molar-refractivity contribution in [3.8, 4) is 28.6 Å². The summed E-state index contributed by atoms with van der Waals surface area (Å²) in [7, 11) is 1.87. The van der Waals surface area contributed by atoms with Gasteiger partial charge in [0.05, 0.1) is 11.1 Å². The van der Waals surface area contributed by atoms with Crippen LogP contribution < -0.4 is 10.1 Å². The van der Waals surface area contributed by atoms with Crippen LogP contribution in [0.3, 0.4) is 0 Å². The first-order valence-corrected chi connectivity index (χ1v) is 8.03. The Kier molecular flexibility index (Phi) is 4.71. The van der Waals surface area contributed by atoms with Crippen molar-refractivity contribution in [2.75, 3.05) is 12.4 Å². The van der Waals surface area contributed by atoms with E-state index in [0.717, 1.165) is 16.8 Å². The Bertz CT molecular complexity index is 829. The van der Waals surface area contributed by atoms with Gasteiger partial charge in [0.1, 0.15) is 5.75 Å². The minimum Gasteiger partial charge on any atom is -0.489 e. The maximum absolute atomic E-state index is 6.26. The second-order valence-electron chi connectivity index (χ2n) is 5.56. The number of halogens is 1. The second kappa shape index (κ2) is 6.93. The quantitative estimate of drug-likeness (QED) is 0.715. The molecule has 0 aliphatic carbocycles. The van der Waals surface area contributed by atoms with Gasteiger partial charge in [-0.05, 0) is 56.3 Å². The van der Waals surface area contributed by atoms with Gasteiger partial charge in [0.2, 0.25) is 5.82 Å². The predicted octanol–water partition coefficient (Wildman–Crippen LogP) is 4.89. The van der Waals surface area contributed by atoms with Gasteiger partial charge in [0.15, 0.2) is 0 Å². The van der Waals surface area contributed by atoms with Crippen LogP contribution in [-0.2, 0) is 0 Å². The fourth-order valence-electron chi connectivity index (χ4n) is 2.23. The number of anilines is 1. The van der Waals surface area contributed by atoms with Crippen molar-refractivity contribution in [2.24, 2.45) is 0 Å². The largest absolute Gasteiger partial charge is 0.489 e. The smallest absolute Gasteiger partial charge is 0.258 e. The van der Waals surface area contributed by atoms with E-state index in [4.69, 9.17) is 20.9 Å². The minimum atomic E-state index is 0.0608. The summed E-state index contributed by atoms with van der Waals surface area (Å²) in [6, 6.07) is 13.2. The van der Waals surface area contributed by atoms with Gasteiger partial charge in [0.25, 0.3) is 5.89 Å². The molecule has 3 aromatic rings. The van der Waals surface area contributed by atoms with Crippen LogP contribution in [0.25, 0.3) is 22.8 Å². The lowest BCUT2D eigenvalue weighted by Gasteiger charge is -2.11. The van der Waals surface area contributed by atoms with Gasteiger partial charge in [-0.3, -0.25) is 0 Å². The first kappa shape index (κ1) is 16.3. The molecule has 1 aromatic heterocycles. The van der Waals surface area contributed by atoms with E-state index in [1.165, 1.54) is 0 Å². The van der Waals surface area contributed by atoms with E-state index in [-0.39, 0.29) is 6.10 Å². The van der Waals surface area contributed by atoms with Gasteiger partial charge < -0.3 is 14.6 Å². The zero-order valence-electron chi connectivity index (χ0n) is 13.7. The van der Waals surface area contributed by atoms with Crippen LogP contribution in [0.2, 0.25) is 5.02 Å². The highest BCUT2D eigenvalue weighted by Gasteiger charge is 2.13. The van der Waals surface area contributed by atoms with Gasteiger partial charge in [-0.25, -0.2) is 0 Å². The van der Waals surface area contributed by atoms with E-state index in [9.17, 15) is 0 Å². The lowest BCUT2D eigenvalue weighted by Crippen LogP contribution is -2.05. The number of hydrogen-bond donors (Lipinski definition) is 1. The Balaban J connectivity index is 1.85. The molecule has 0 saturated heterocycles. The normalized spacial score (nSPS) is 10.9. The molecule has 0 saturated carbocycles. The molecule has 0 radical (unpaired) electrons. The predicted molar refractivity (Wildman–Crippen MR) is 95.5 cm³/mol. The number of ether oxygens (including phenoxy) is 1. The number of hydrogen-bond acceptors (Lipinski definition) is 5. The minimum absolute atomic E-state index is 0.0608. The van der Waals surface area contributed by atoms with Crippen LogP contribution in [-0.4, -0.2) is 23.3 Å². The summed E-state index contributed by atoms with van der Waals surface area (Å²) in [5.74, 6) is 1.59. The molecule has 6 heteroatoms. The molecule has 5 nitrogen and oxygen atoms in total. The van der Waals surface area contributed by atoms with Crippen LogP contribution in [0.4, 0.5) is 5.69 Å². The average molecular weight is 344 g/mol. The zero-order valence-corrected chi connectivity index (χ0v) is 14.5. The molecule has 0 aliphatic rings. The third kappa shape index (κ3) is 3.51. The standard InChI is InChI=1S/C18H18ClN3O2/c1-11(2)23-16-9-6-13(10-15(16)19)17-21-18(24-22-17)12-4-7-14(20-3)8-5-12/h4-11,20H,1-3H3. The summed E-state index contributed by atoms with van der Waals surface area (Å²) in [5.41, 5.74) is 2.66. The van der Waals surface area contributed by atoms with E-state index >= 15 is 0 Å². The Hall–Kier alpha value is -2.53. The number of aromatic nitrogens is 2. The Morgan fingerprint density at radius 3 is 2.42 bits per heavy atom. The lowest BCUT2D eigenvalue weighted by molar-refractivity contribution is 0.242. The van der Waals surface area contributed by atoms with Crippen molar-refractivity contribution in [3.63, 3.8) is 0 Å². The summed E-state index contributed by atoms with van der Waals surface area (Å²) >= 11 is 6.26. The second-order valence-corrected chi connectivity index (χ2v) is 5.97. The fraction of sp³-hybridized carbons (Fsp3) is 0.222. The first-order chi connectivity index (χ1) is 11.6. The Morgan fingerprint density at radius 1 is 1.08 bits per heavy atom. The number of nitrogens with zero attached hydrogens (tertiary/aromatic N) is 2. The molecule has 3 rings (SSSR count). The van der Waals surface area contributed by atoms with Crippen LogP contribution >= 0.6 is 11.6 Å². The molecule has 0 fully saturated rings. The molecule has 0 aliphatic heterocycles. The molecule has 0 spiro atoms. The van der Waals surface area contributed by atoms with Crippen LogP contribution in [0.1, 0.15) is 13.8 Å². The summed E-state index contributed by atoms with van der Waals surface area (Å²) in [5, 5.41) is 7.62. The molecular weight excluding hydrogens is 326 g/mol. The van der Waals surface area contributed by atoms with E-state index in [1.807, 2.05) is 57.3 Å². The number of benzene rings is 2. The topological polar surface area (TPSA) is 60.2 Å². The third-order valence-electron chi connectivity index (χ3n) is 3.40. The van der Waals surface area contributed by atoms with E-state index in [2.05, 4.69) is 15.5 Å². The molecular formula is C18H18ClN3O2. The van der Waals surface area contributed by atoms with Gasteiger partial charge in [-0.1, -0.05) is 16.8 Å². The average Bonchev–Trinajstić information content (AvgIpc) is 3.06. The number of rotatable bonds is 5. The van der Waals surface area contributed by atoms with Gasteiger partial charge >= 0.3 is 0 Å². The Labute approximate surface area is 145 Å². The molecule has 0 unspecified atom stereocenters. The lowest BCUT2D eigenvalue weighted by atomic mass is 10.2. The van der Waals surface area contributed by atoms with Crippen molar-refractivity contribution in [1.29, 1.82) is 0 Å². The van der Waals surface area contributed by atoms with Gasteiger partial charge in [-0.2, -0.15) is 4.98 Å². The van der Waals surface area contributed by atoms with E-state index < -0.39 is 0 Å². The molecule has 2 aromatic carbocycles. The van der Waals surface area contributed by atoms with E-state index in [0.29, 0.717) is 22.5 Å². The summed E-state index contributed by atoms with van der Waals surface area (Å²) in [6.07, 6.45) is 0.0608. The molecule has 0 bridgehead atoms. The van der Waals surface area contributed by atoms with Crippen molar-refractivity contribution in [3.05, 3.63) is 47.5 Å². The van der Waals surface area contributed by atoms with Crippen LogP contribution in [0, 0.1) is 0 Å². The highest BCUT2D eigenvalue weighted by molar-refractivity contribution is 6.32. The summed E-state index contributed by atoms with van der Waals surface area (Å²) < 4.78 is 11.0. The van der Waals surface area contributed by atoms with E-state index in [1.54, 1.807) is 6.07 Å². The van der Waals surface area contributed by atoms with Crippen molar-refractivity contribution >= 4 is 17.3 Å². The maximum atomic E-state index is 6.26. The molecule has 1 N–H and O–H groups in total. The molecule has 124 valence electrons. The molecule has 1 heterocycles. The third-order valence-corrected chi connectivity index (χ3v) is 3.69. The SMILES string of the molecule is CNc1ccc(-c2nc(-c3ccc(OC(C)C)c(Cl)c3)no2)cc1. The van der Waals surface area contributed by atoms with Crippen molar-refractivity contribution in [1.82, 2.24) is 10.1 Å². The Morgan fingerprint density at radius 2 is 1.79 bits per heavy atom. The van der Waals surface area contributed by atoms with Crippen LogP contribution in [0.15, 0.2) is 47.0 Å². The molecule has 24 heavy (non-hydrogen) atoms. The first-order valence-electron chi connectivity index (χ1n) is 7.65. The summed E-state index contributed by atoms with van der Waals surface area (Å²) in [6.45, 7) is 3.91. The number of nitrogens with one attached hydrogen (secondary N) is 1. The zero-order chi connectivity index (χ0) is 17.1. The van der Waals surface area contributed by atoms with Gasteiger partial charge in [0, 0.05) is 23.9 Å². The highest BCUT2D eigenvalue weighted by Crippen LogP contribution is 2.31. The fourth-order valence-corrected chi connectivity index (χ4v) is 2.45. The maximum Gasteiger partial charge on any atom is 0.258 e. The van der Waals surface area contributed by atoms with Crippen molar-refractivity contribution < 1.29 is 9.26 Å². The molecule has 0 amide bonds. The monoisotopic (exact) mass is 343 g/mol. The summed E-state index contributed by atoms with van der Waals surface area (Å²) in [4.78, 5) is 4.44. The van der Waals surface area contributed by atoms with Crippen LogP contribution in [0.5, 0.6) is 5.75 Å².